The van der Waals surface area contributed by atoms with Gasteiger partial charge in [0.1, 0.15) is 6.23 Å². The SMILES string of the molecule is CCC1OCC(C(C)C)N1C. The maximum absolute atomic E-state index is 5.61. The van der Waals surface area contributed by atoms with Crippen LogP contribution in [-0.4, -0.2) is 30.8 Å². The van der Waals surface area contributed by atoms with Crippen LogP contribution in [0.25, 0.3) is 0 Å². The van der Waals surface area contributed by atoms with Crippen LogP contribution >= 0.6 is 0 Å². The molecule has 1 aliphatic rings. The Morgan fingerprint density at radius 1 is 1.55 bits per heavy atom. The van der Waals surface area contributed by atoms with Gasteiger partial charge in [-0.2, -0.15) is 0 Å². The van der Waals surface area contributed by atoms with Gasteiger partial charge in [0.15, 0.2) is 0 Å². The zero-order valence-electron chi connectivity index (χ0n) is 8.00. The first-order chi connectivity index (χ1) is 5.16. The monoisotopic (exact) mass is 157 g/mol. The Morgan fingerprint density at radius 3 is 2.45 bits per heavy atom. The number of likely N-dealkylation sites (N-methyl/N-ethyl adjacent to an activating group) is 1. The van der Waals surface area contributed by atoms with E-state index in [9.17, 15) is 0 Å². The summed E-state index contributed by atoms with van der Waals surface area (Å²) >= 11 is 0. The van der Waals surface area contributed by atoms with Gasteiger partial charge in [0, 0.05) is 6.04 Å². The molecule has 0 aromatic heterocycles. The van der Waals surface area contributed by atoms with Crippen molar-refractivity contribution in [2.45, 2.75) is 39.5 Å². The van der Waals surface area contributed by atoms with Crippen molar-refractivity contribution in [1.29, 1.82) is 0 Å². The Hall–Kier alpha value is -0.0800. The lowest BCUT2D eigenvalue weighted by atomic mass is 10.1. The summed E-state index contributed by atoms with van der Waals surface area (Å²) in [6.45, 7) is 7.59. The van der Waals surface area contributed by atoms with E-state index in [1.165, 1.54) is 0 Å². The standard InChI is InChI=1S/C9H19NO/c1-5-9-10(4)8(6-11-9)7(2)3/h7-9H,5-6H2,1-4H3. The van der Waals surface area contributed by atoms with E-state index in [2.05, 4.69) is 32.7 Å². The van der Waals surface area contributed by atoms with Gasteiger partial charge in [0.2, 0.25) is 0 Å². The first-order valence-electron chi connectivity index (χ1n) is 4.50. The van der Waals surface area contributed by atoms with Crippen LogP contribution in [0.5, 0.6) is 0 Å². The van der Waals surface area contributed by atoms with Crippen molar-refractivity contribution in [3.05, 3.63) is 0 Å². The van der Waals surface area contributed by atoms with Crippen LogP contribution in [-0.2, 0) is 4.74 Å². The lowest BCUT2D eigenvalue weighted by Crippen LogP contribution is -2.36. The highest BCUT2D eigenvalue weighted by Crippen LogP contribution is 2.22. The summed E-state index contributed by atoms with van der Waals surface area (Å²) < 4.78 is 5.61. The Kier molecular flexibility index (Phi) is 2.90. The second-order valence-electron chi connectivity index (χ2n) is 3.67. The van der Waals surface area contributed by atoms with E-state index in [1.54, 1.807) is 0 Å². The maximum atomic E-state index is 5.61. The molecule has 66 valence electrons. The summed E-state index contributed by atoms with van der Waals surface area (Å²) in [7, 11) is 2.16. The Balaban J connectivity index is 2.48. The van der Waals surface area contributed by atoms with Gasteiger partial charge in [-0.15, -0.1) is 0 Å². The normalized spacial score (nSPS) is 33.5. The molecule has 1 saturated heterocycles. The van der Waals surface area contributed by atoms with E-state index < -0.39 is 0 Å². The molecule has 2 unspecified atom stereocenters. The first kappa shape index (κ1) is 9.01. The third kappa shape index (κ3) is 1.74. The minimum atomic E-state index is 0.363. The molecular formula is C9H19NO. The Bertz CT molecular complexity index is 125. The summed E-state index contributed by atoms with van der Waals surface area (Å²) in [4.78, 5) is 2.35. The third-order valence-corrected chi connectivity index (χ3v) is 2.56. The van der Waals surface area contributed by atoms with Crippen molar-refractivity contribution in [3.63, 3.8) is 0 Å². The summed E-state index contributed by atoms with van der Waals surface area (Å²) in [6, 6.07) is 0.625. The highest BCUT2D eigenvalue weighted by Gasteiger charge is 2.31. The van der Waals surface area contributed by atoms with E-state index in [-0.39, 0.29) is 0 Å². The molecule has 1 heterocycles. The third-order valence-electron chi connectivity index (χ3n) is 2.56. The van der Waals surface area contributed by atoms with Gasteiger partial charge in [-0.25, -0.2) is 0 Å². The molecule has 2 nitrogen and oxygen atoms in total. The fraction of sp³-hybridized carbons (Fsp3) is 1.00. The molecule has 2 atom stereocenters. The molecule has 0 spiro atoms. The van der Waals surface area contributed by atoms with Gasteiger partial charge in [0.25, 0.3) is 0 Å². The molecule has 0 aromatic rings. The molecule has 0 aromatic carbocycles. The molecule has 0 N–H and O–H groups in total. The van der Waals surface area contributed by atoms with Crippen LogP contribution in [0.2, 0.25) is 0 Å². The predicted octanol–water partition coefficient (Wildman–Crippen LogP) is 1.71. The zero-order chi connectivity index (χ0) is 8.43. The van der Waals surface area contributed by atoms with Crippen molar-refractivity contribution in [2.24, 2.45) is 5.92 Å². The molecule has 0 radical (unpaired) electrons. The molecule has 1 fully saturated rings. The van der Waals surface area contributed by atoms with Crippen LogP contribution < -0.4 is 0 Å². The molecule has 2 heteroatoms. The Morgan fingerprint density at radius 2 is 2.18 bits per heavy atom. The van der Waals surface area contributed by atoms with E-state index in [0.29, 0.717) is 18.2 Å². The predicted molar refractivity (Wildman–Crippen MR) is 46.4 cm³/mol. The van der Waals surface area contributed by atoms with Gasteiger partial charge in [0.05, 0.1) is 6.61 Å². The summed E-state index contributed by atoms with van der Waals surface area (Å²) in [5, 5.41) is 0. The number of rotatable bonds is 2. The minimum absolute atomic E-state index is 0.363. The highest BCUT2D eigenvalue weighted by molar-refractivity contribution is 4.79. The van der Waals surface area contributed by atoms with Gasteiger partial charge in [-0.05, 0) is 19.4 Å². The molecule has 1 rings (SSSR count). The molecular weight excluding hydrogens is 138 g/mol. The highest BCUT2D eigenvalue weighted by atomic mass is 16.5. The molecule has 11 heavy (non-hydrogen) atoms. The van der Waals surface area contributed by atoms with Crippen molar-refractivity contribution in [3.8, 4) is 0 Å². The second kappa shape index (κ2) is 3.55. The zero-order valence-corrected chi connectivity index (χ0v) is 8.00. The van der Waals surface area contributed by atoms with Gasteiger partial charge in [-0.1, -0.05) is 20.8 Å². The van der Waals surface area contributed by atoms with Crippen LogP contribution in [0.3, 0.4) is 0 Å². The van der Waals surface area contributed by atoms with Gasteiger partial charge < -0.3 is 4.74 Å². The fourth-order valence-electron chi connectivity index (χ4n) is 1.73. The topological polar surface area (TPSA) is 12.5 Å². The molecule has 1 aliphatic heterocycles. The van der Waals surface area contributed by atoms with E-state index in [4.69, 9.17) is 4.74 Å². The number of nitrogens with zero attached hydrogens (tertiary/aromatic N) is 1. The fourth-order valence-corrected chi connectivity index (χ4v) is 1.73. The van der Waals surface area contributed by atoms with Crippen LogP contribution in [0.15, 0.2) is 0 Å². The number of hydrogen-bond acceptors (Lipinski definition) is 2. The van der Waals surface area contributed by atoms with E-state index in [0.717, 1.165) is 13.0 Å². The van der Waals surface area contributed by atoms with Gasteiger partial charge >= 0.3 is 0 Å². The maximum Gasteiger partial charge on any atom is 0.110 e. The Labute approximate surface area is 69.5 Å². The lowest BCUT2D eigenvalue weighted by molar-refractivity contribution is 0.0402. The van der Waals surface area contributed by atoms with Crippen molar-refractivity contribution in [2.75, 3.05) is 13.7 Å². The first-order valence-corrected chi connectivity index (χ1v) is 4.50. The largest absolute Gasteiger partial charge is 0.362 e. The van der Waals surface area contributed by atoms with Crippen LogP contribution in [0.1, 0.15) is 27.2 Å². The van der Waals surface area contributed by atoms with Crippen molar-refractivity contribution >= 4 is 0 Å². The van der Waals surface area contributed by atoms with E-state index in [1.807, 2.05) is 0 Å². The van der Waals surface area contributed by atoms with Crippen LogP contribution in [0, 0.1) is 5.92 Å². The van der Waals surface area contributed by atoms with Gasteiger partial charge in [-0.3, -0.25) is 4.90 Å². The van der Waals surface area contributed by atoms with Crippen molar-refractivity contribution in [1.82, 2.24) is 4.90 Å². The van der Waals surface area contributed by atoms with E-state index >= 15 is 0 Å². The number of ether oxygens (including phenoxy) is 1. The van der Waals surface area contributed by atoms with Crippen LogP contribution in [0.4, 0.5) is 0 Å². The second-order valence-corrected chi connectivity index (χ2v) is 3.67. The smallest absolute Gasteiger partial charge is 0.110 e. The average Bonchev–Trinajstić information content (AvgIpc) is 2.30. The molecule has 0 amide bonds. The number of hydrogen-bond donors (Lipinski definition) is 0. The lowest BCUT2D eigenvalue weighted by Gasteiger charge is -2.24. The summed E-state index contributed by atoms with van der Waals surface area (Å²) in [6.07, 6.45) is 1.46. The average molecular weight is 157 g/mol. The minimum Gasteiger partial charge on any atom is -0.362 e. The van der Waals surface area contributed by atoms with Crippen molar-refractivity contribution < 1.29 is 4.74 Å². The quantitative estimate of drug-likeness (QED) is 0.605. The summed E-state index contributed by atoms with van der Waals surface area (Å²) in [5.74, 6) is 0.705. The molecule has 0 bridgehead atoms. The molecule has 0 aliphatic carbocycles. The molecule has 0 saturated carbocycles. The summed E-state index contributed by atoms with van der Waals surface area (Å²) in [5.41, 5.74) is 0.